The molecule has 3 aromatic rings. The summed E-state index contributed by atoms with van der Waals surface area (Å²) < 4.78 is 26.7. The molecule has 1 aliphatic heterocycles. The fraction of sp³-hybridized carbons (Fsp3) is 0.381. The molecule has 0 unspecified atom stereocenters. The largest absolute Gasteiger partial charge is 0.377 e. The van der Waals surface area contributed by atoms with Crippen LogP contribution in [-0.4, -0.2) is 55.8 Å². The van der Waals surface area contributed by atoms with E-state index in [-0.39, 0.29) is 23.1 Å². The van der Waals surface area contributed by atoms with Gasteiger partial charge in [0.1, 0.15) is 22.7 Å². The number of hydrogen-bond donors (Lipinski definition) is 3. The molecule has 1 saturated heterocycles. The summed E-state index contributed by atoms with van der Waals surface area (Å²) >= 11 is 0. The number of aromatic amines is 1. The molecule has 1 atom stereocenters. The van der Waals surface area contributed by atoms with Crippen LogP contribution < -0.4 is 14.9 Å². The first-order valence-corrected chi connectivity index (χ1v) is 11.8. The molecule has 3 heterocycles. The summed E-state index contributed by atoms with van der Waals surface area (Å²) in [4.78, 5) is 26.8. The van der Waals surface area contributed by atoms with Crippen LogP contribution in [0, 0.1) is 5.92 Å². The SMILES string of the molecule is CNS(=O)(=O)c1ccccc1NCC(=O)C[C@@H]1CCCN(c2ncnc3[nH]ccc23)C1. The van der Waals surface area contributed by atoms with Gasteiger partial charge in [-0.05, 0) is 44.0 Å². The van der Waals surface area contributed by atoms with Gasteiger partial charge in [-0.25, -0.2) is 23.1 Å². The van der Waals surface area contributed by atoms with Gasteiger partial charge in [0.2, 0.25) is 10.0 Å². The van der Waals surface area contributed by atoms with Gasteiger partial charge in [-0.3, -0.25) is 4.79 Å². The number of aromatic nitrogens is 3. The van der Waals surface area contributed by atoms with Crippen LogP contribution in [0.5, 0.6) is 0 Å². The van der Waals surface area contributed by atoms with E-state index in [4.69, 9.17) is 0 Å². The van der Waals surface area contributed by atoms with Crippen LogP contribution in [0.3, 0.4) is 0 Å². The second kappa shape index (κ2) is 9.03. The van der Waals surface area contributed by atoms with Gasteiger partial charge in [-0.1, -0.05) is 12.1 Å². The molecule has 0 aliphatic carbocycles. The van der Waals surface area contributed by atoms with E-state index in [1.165, 1.54) is 13.1 Å². The Morgan fingerprint density at radius 1 is 1.26 bits per heavy atom. The van der Waals surface area contributed by atoms with E-state index < -0.39 is 10.0 Å². The number of nitrogens with zero attached hydrogens (tertiary/aromatic N) is 3. The molecule has 0 saturated carbocycles. The quantitative estimate of drug-likeness (QED) is 0.489. The van der Waals surface area contributed by atoms with Crippen LogP contribution in [0.15, 0.2) is 47.8 Å². The Morgan fingerprint density at radius 3 is 2.94 bits per heavy atom. The van der Waals surface area contributed by atoms with Crippen molar-refractivity contribution in [3.63, 3.8) is 0 Å². The van der Waals surface area contributed by atoms with Gasteiger partial charge < -0.3 is 15.2 Å². The van der Waals surface area contributed by atoms with Gasteiger partial charge in [-0.15, -0.1) is 0 Å². The molecule has 31 heavy (non-hydrogen) atoms. The molecular weight excluding hydrogens is 416 g/mol. The Labute approximate surface area is 181 Å². The Kier molecular flexibility index (Phi) is 6.19. The maximum atomic E-state index is 12.7. The Hall–Kier alpha value is -2.98. The number of anilines is 2. The lowest BCUT2D eigenvalue weighted by Gasteiger charge is -2.33. The van der Waals surface area contributed by atoms with Crippen LogP contribution in [0.2, 0.25) is 0 Å². The summed E-state index contributed by atoms with van der Waals surface area (Å²) in [6, 6.07) is 8.55. The van der Waals surface area contributed by atoms with E-state index in [0.29, 0.717) is 12.1 Å². The second-order valence-electron chi connectivity index (χ2n) is 7.69. The number of piperidine rings is 1. The third-order valence-corrected chi connectivity index (χ3v) is 7.06. The van der Waals surface area contributed by atoms with Gasteiger partial charge >= 0.3 is 0 Å². The minimum Gasteiger partial charge on any atom is -0.377 e. The summed E-state index contributed by atoms with van der Waals surface area (Å²) in [6.07, 6.45) is 5.82. The van der Waals surface area contributed by atoms with Crippen molar-refractivity contribution in [2.45, 2.75) is 24.2 Å². The topological polar surface area (TPSA) is 120 Å². The summed E-state index contributed by atoms with van der Waals surface area (Å²) in [6.45, 7) is 1.74. The number of fused-ring (bicyclic) bond motifs is 1. The molecule has 9 nitrogen and oxygen atoms in total. The average Bonchev–Trinajstić information content (AvgIpc) is 3.27. The van der Waals surface area contributed by atoms with Crippen LogP contribution >= 0.6 is 0 Å². The predicted molar refractivity (Wildman–Crippen MR) is 120 cm³/mol. The third-order valence-electron chi connectivity index (χ3n) is 5.59. The molecule has 0 radical (unpaired) electrons. The van der Waals surface area contributed by atoms with E-state index in [9.17, 15) is 13.2 Å². The summed E-state index contributed by atoms with van der Waals surface area (Å²) in [5.41, 5.74) is 1.23. The van der Waals surface area contributed by atoms with E-state index in [1.807, 2.05) is 12.3 Å². The number of Topliss-reactive ketones (excluding diaryl/α,β-unsaturated/α-hetero) is 1. The normalized spacial score (nSPS) is 17.1. The summed E-state index contributed by atoms with van der Waals surface area (Å²) in [7, 11) is -2.23. The highest BCUT2D eigenvalue weighted by atomic mass is 32.2. The van der Waals surface area contributed by atoms with Gasteiger partial charge in [0.05, 0.1) is 17.6 Å². The standard InChI is InChI=1S/C21H26N6O3S/c1-22-31(29,30)19-7-3-2-6-18(19)24-12-16(28)11-15-5-4-10-27(13-15)21-17-8-9-23-20(17)25-14-26-21/h2-3,6-9,14-15,22,24H,4-5,10-13H2,1H3,(H,23,25,26)/t15-/m0/s1. The van der Waals surface area contributed by atoms with Crippen molar-refractivity contribution in [1.82, 2.24) is 19.7 Å². The molecule has 164 valence electrons. The molecule has 10 heteroatoms. The Morgan fingerprint density at radius 2 is 2.10 bits per heavy atom. The number of ketones is 1. The third kappa shape index (κ3) is 4.70. The molecule has 3 N–H and O–H groups in total. The van der Waals surface area contributed by atoms with Crippen molar-refractivity contribution in [3.8, 4) is 0 Å². The van der Waals surface area contributed by atoms with Crippen molar-refractivity contribution >= 4 is 38.3 Å². The smallest absolute Gasteiger partial charge is 0.242 e. The lowest BCUT2D eigenvalue weighted by atomic mass is 9.92. The number of carbonyl (C=O) groups excluding carboxylic acids is 1. The Bertz CT molecular complexity index is 1180. The predicted octanol–water partition coefficient (Wildman–Crippen LogP) is 2.15. The van der Waals surface area contributed by atoms with E-state index >= 15 is 0 Å². The molecular formula is C21H26N6O3S. The average molecular weight is 443 g/mol. The number of carbonyl (C=O) groups is 1. The van der Waals surface area contributed by atoms with Crippen LogP contribution in [0.4, 0.5) is 11.5 Å². The fourth-order valence-corrected chi connectivity index (χ4v) is 4.99. The molecule has 4 rings (SSSR count). The number of rotatable bonds is 8. The molecule has 0 bridgehead atoms. The van der Waals surface area contributed by atoms with Crippen molar-refractivity contribution < 1.29 is 13.2 Å². The van der Waals surface area contributed by atoms with Gasteiger partial charge in [0.15, 0.2) is 5.78 Å². The maximum Gasteiger partial charge on any atom is 0.242 e. The molecule has 1 aromatic carbocycles. The second-order valence-corrected chi connectivity index (χ2v) is 9.55. The Balaban J connectivity index is 1.38. The van der Waals surface area contributed by atoms with E-state index in [2.05, 4.69) is 29.9 Å². The molecule has 0 amide bonds. The minimum absolute atomic E-state index is 0.0537. The van der Waals surface area contributed by atoms with Crippen LogP contribution in [0.1, 0.15) is 19.3 Å². The molecule has 1 aliphatic rings. The number of H-pyrrole nitrogens is 1. The number of sulfonamides is 1. The van der Waals surface area contributed by atoms with Crippen LogP contribution in [0.25, 0.3) is 11.0 Å². The summed E-state index contributed by atoms with van der Waals surface area (Å²) in [5.74, 6) is 1.18. The van der Waals surface area contributed by atoms with Crippen molar-refractivity contribution in [3.05, 3.63) is 42.9 Å². The maximum absolute atomic E-state index is 12.7. The lowest BCUT2D eigenvalue weighted by molar-refractivity contribution is -0.118. The lowest BCUT2D eigenvalue weighted by Crippen LogP contribution is -2.37. The molecule has 2 aromatic heterocycles. The number of hydrogen-bond acceptors (Lipinski definition) is 7. The van der Waals surface area contributed by atoms with E-state index in [0.717, 1.165) is 42.8 Å². The fourth-order valence-electron chi connectivity index (χ4n) is 4.08. The van der Waals surface area contributed by atoms with Crippen molar-refractivity contribution in [2.75, 3.05) is 36.9 Å². The van der Waals surface area contributed by atoms with Crippen molar-refractivity contribution in [1.29, 1.82) is 0 Å². The zero-order chi connectivity index (χ0) is 21.8. The molecule has 1 fully saturated rings. The number of benzene rings is 1. The zero-order valence-electron chi connectivity index (χ0n) is 17.3. The first-order valence-electron chi connectivity index (χ1n) is 10.3. The summed E-state index contributed by atoms with van der Waals surface area (Å²) in [5, 5.41) is 3.98. The van der Waals surface area contributed by atoms with Gasteiger partial charge in [-0.2, -0.15) is 0 Å². The highest BCUT2D eigenvalue weighted by Crippen LogP contribution is 2.28. The minimum atomic E-state index is -3.60. The monoisotopic (exact) mass is 442 g/mol. The van der Waals surface area contributed by atoms with Gasteiger partial charge in [0, 0.05) is 25.7 Å². The van der Waals surface area contributed by atoms with Gasteiger partial charge in [0.25, 0.3) is 0 Å². The van der Waals surface area contributed by atoms with Crippen molar-refractivity contribution in [2.24, 2.45) is 5.92 Å². The first-order chi connectivity index (χ1) is 15.0. The van der Waals surface area contributed by atoms with E-state index in [1.54, 1.807) is 24.5 Å². The number of nitrogens with one attached hydrogen (secondary N) is 3. The number of para-hydroxylation sites is 1. The highest BCUT2D eigenvalue weighted by molar-refractivity contribution is 7.89. The first kappa shape index (κ1) is 21.3. The zero-order valence-corrected chi connectivity index (χ0v) is 18.2. The highest BCUT2D eigenvalue weighted by Gasteiger charge is 2.25. The molecule has 0 spiro atoms. The van der Waals surface area contributed by atoms with Crippen LogP contribution in [-0.2, 0) is 14.8 Å².